The number of rotatable bonds is 6. The quantitative estimate of drug-likeness (QED) is 0.302. The average Bonchev–Trinajstić information content (AvgIpc) is 2.85. The molecule has 7 nitrogen and oxygen atoms in total. The van der Waals surface area contributed by atoms with Gasteiger partial charge in [-0.05, 0) is 53.0 Å². The lowest BCUT2D eigenvalue weighted by Gasteiger charge is -2.22. The standard InChI is InChI=1S/C24H21Br2ClN4O3/c1-33-19-11-15(20(26)21(27)22(19)34-10-9-28)13-29-31-23(14-5-3-2-4-6-14)30-18-8-7-16(25)12-17(18)24(31)32/h7-8,11-14H,2-6,10H2,1H3. The van der Waals surface area contributed by atoms with Crippen molar-refractivity contribution in [2.24, 2.45) is 5.10 Å². The van der Waals surface area contributed by atoms with E-state index in [0.717, 1.165) is 30.2 Å². The summed E-state index contributed by atoms with van der Waals surface area (Å²) >= 11 is 13.4. The number of hydrogen-bond acceptors (Lipinski definition) is 6. The van der Waals surface area contributed by atoms with Crippen LogP contribution in [0.5, 0.6) is 11.5 Å². The van der Waals surface area contributed by atoms with Crippen LogP contribution in [0, 0.1) is 11.3 Å². The largest absolute Gasteiger partial charge is 0.493 e. The highest BCUT2D eigenvalue weighted by atomic mass is 79.9. The molecule has 0 radical (unpaired) electrons. The number of halogens is 3. The molecule has 1 aliphatic carbocycles. The first-order valence-corrected chi connectivity index (χ1v) is 12.7. The van der Waals surface area contributed by atoms with Crippen molar-refractivity contribution in [3.63, 3.8) is 0 Å². The summed E-state index contributed by atoms with van der Waals surface area (Å²) in [5.74, 6) is 1.44. The predicted octanol–water partition coefficient (Wildman–Crippen LogP) is 6.42. The highest BCUT2D eigenvalue weighted by Gasteiger charge is 2.23. The van der Waals surface area contributed by atoms with Crippen LogP contribution in [0.25, 0.3) is 10.9 Å². The summed E-state index contributed by atoms with van der Waals surface area (Å²) in [5, 5.41) is 14.1. The third kappa shape index (κ3) is 4.99. The van der Waals surface area contributed by atoms with Crippen LogP contribution in [-0.2, 0) is 0 Å². The summed E-state index contributed by atoms with van der Waals surface area (Å²) in [4.78, 5) is 18.3. The summed E-state index contributed by atoms with van der Waals surface area (Å²) in [6, 6.07) is 9.09. The molecule has 0 bridgehead atoms. The molecule has 0 aliphatic heterocycles. The normalized spacial score (nSPS) is 14.4. The molecule has 1 saturated carbocycles. The van der Waals surface area contributed by atoms with Crippen LogP contribution in [0.15, 0.2) is 43.1 Å². The molecule has 1 fully saturated rings. The Balaban J connectivity index is 1.84. The molecule has 4 rings (SSSR count). The number of methoxy groups -OCH3 is 1. The van der Waals surface area contributed by atoms with Crippen LogP contribution in [0.2, 0.25) is 5.02 Å². The van der Waals surface area contributed by atoms with Gasteiger partial charge in [-0.15, -0.1) is 0 Å². The summed E-state index contributed by atoms with van der Waals surface area (Å²) in [6.45, 7) is -0.172. The third-order valence-corrected chi connectivity index (χ3v) is 7.71. The van der Waals surface area contributed by atoms with Crippen molar-refractivity contribution in [2.75, 3.05) is 13.7 Å². The summed E-state index contributed by atoms with van der Waals surface area (Å²) in [7, 11) is 1.48. The maximum absolute atomic E-state index is 13.5. The Morgan fingerprint density at radius 3 is 2.76 bits per heavy atom. The molecule has 2 aromatic carbocycles. The van der Waals surface area contributed by atoms with Gasteiger partial charge in [-0.2, -0.15) is 15.0 Å². The average molecular weight is 609 g/mol. The number of ether oxygens (including phenoxy) is 2. The summed E-state index contributed by atoms with van der Waals surface area (Å²) in [5.41, 5.74) is 1.01. The molecule has 3 aromatic rings. The van der Waals surface area contributed by atoms with E-state index in [0.29, 0.717) is 32.5 Å². The van der Waals surface area contributed by atoms with Crippen molar-refractivity contribution >= 4 is 60.6 Å². The Morgan fingerprint density at radius 2 is 2.06 bits per heavy atom. The molecule has 0 atom stereocenters. The lowest BCUT2D eigenvalue weighted by Crippen LogP contribution is -2.25. The van der Waals surface area contributed by atoms with E-state index in [1.165, 1.54) is 18.2 Å². The number of aromatic nitrogens is 2. The first-order chi connectivity index (χ1) is 16.4. The Labute approximate surface area is 218 Å². The number of benzene rings is 2. The van der Waals surface area contributed by atoms with E-state index in [9.17, 15) is 4.79 Å². The number of hydrogen-bond donors (Lipinski definition) is 0. The zero-order chi connectivity index (χ0) is 24.2. The van der Waals surface area contributed by atoms with Crippen LogP contribution in [0.4, 0.5) is 0 Å². The van der Waals surface area contributed by atoms with Crippen molar-refractivity contribution in [3.05, 3.63) is 60.0 Å². The Hall–Kier alpha value is -2.41. The molecular formula is C24H21Br2ClN4O3. The summed E-state index contributed by atoms with van der Waals surface area (Å²) < 4.78 is 13.5. The van der Waals surface area contributed by atoms with Crippen molar-refractivity contribution in [2.45, 2.75) is 38.0 Å². The highest BCUT2D eigenvalue weighted by molar-refractivity contribution is 9.10. The van der Waals surface area contributed by atoms with Crippen LogP contribution >= 0.6 is 43.5 Å². The van der Waals surface area contributed by atoms with E-state index < -0.39 is 0 Å². The fourth-order valence-corrected chi connectivity index (χ4v) is 5.13. The van der Waals surface area contributed by atoms with Crippen LogP contribution in [-0.4, -0.2) is 29.6 Å². The Bertz CT molecular complexity index is 1360. The SMILES string of the molecule is COc1cc(C=Nn2c(C3CCCCC3)nc3ccc(Br)cc3c2=O)c(Br)c(Cl)c1OCC#N. The maximum atomic E-state index is 13.5. The molecule has 0 spiro atoms. The second kappa shape index (κ2) is 10.9. The van der Waals surface area contributed by atoms with Gasteiger partial charge in [0.1, 0.15) is 16.9 Å². The van der Waals surface area contributed by atoms with Gasteiger partial charge in [0.2, 0.25) is 0 Å². The van der Waals surface area contributed by atoms with Gasteiger partial charge in [0.05, 0.1) is 24.2 Å². The highest BCUT2D eigenvalue weighted by Crippen LogP contribution is 2.42. The van der Waals surface area contributed by atoms with E-state index in [2.05, 4.69) is 37.0 Å². The summed E-state index contributed by atoms with van der Waals surface area (Å²) in [6.07, 6.45) is 6.88. The van der Waals surface area contributed by atoms with Gasteiger partial charge in [0.25, 0.3) is 5.56 Å². The van der Waals surface area contributed by atoms with E-state index in [1.54, 1.807) is 18.3 Å². The van der Waals surface area contributed by atoms with E-state index in [-0.39, 0.29) is 28.9 Å². The van der Waals surface area contributed by atoms with E-state index >= 15 is 0 Å². The molecule has 1 aromatic heterocycles. The first kappa shape index (κ1) is 24.7. The van der Waals surface area contributed by atoms with Gasteiger partial charge in [-0.1, -0.05) is 46.8 Å². The van der Waals surface area contributed by atoms with Crippen molar-refractivity contribution < 1.29 is 9.47 Å². The minimum atomic E-state index is -0.230. The van der Waals surface area contributed by atoms with Crippen LogP contribution in [0.3, 0.4) is 0 Å². The molecule has 1 heterocycles. The smallest absolute Gasteiger partial charge is 0.282 e. The molecule has 10 heteroatoms. The maximum Gasteiger partial charge on any atom is 0.282 e. The lowest BCUT2D eigenvalue weighted by atomic mass is 9.88. The Morgan fingerprint density at radius 1 is 1.29 bits per heavy atom. The van der Waals surface area contributed by atoms with Gasteiger partial charge in [0, 0.05) is 20.4 Å². The molecule has 0 unspecified atom stereocenters. The topological polar surface area (TPSA) is 89.5 Å². The number of nitriles is 1. The van der Waals surface area contributed by atoms with Crippen LogP contribution < -0.4 is 15.0 Å². The monoisotopic (exact) mass is 606 g/mol. The molecule has 0 amide bonds. The second-order valence-electron chi connectivity index (χ2n) is 7.90. The fraction of sp³-hybridized carbons (Fsp3) is 0.333. The van der Waals surface area contributed by atoms with Crippen molar-refractivity contribution in [1.29, 1.82) is 5.26 Å². The predicted molar refractivity (Wildman–Crippen MR) is 139 cm³/mol. The minimum absolute atomic E-state index is 0.162. The van der Waals surface area contributed by atoms with Gasteiger partial charge in [0.15, 0.2) is 18.1 Å². The number of nitrogens with zero attached hydrogens (tertiary/aromatic N) is 4. The molecular weight excluding hydrogens is 588 g/mol. The lowest BCUT2D eigenvalue weighted by molar-refractivity contribution is 0.329. The molecule has 176 valence electrons. The van der Waals surface area contributed by atoms with Gasteiger partial charge in [-0.3, -0.25) is 4.79 Å². The fourth-order valence-electron chi connectivity index (χ4n) is 4.11. The molecule has 34 heavy (non-hydrogen) atoms. The van der Waals surface area contributed by atoms with E-state index in [1.807, 2.05) is 18.2 Å². The molecule has 1 aliphatic rings. The van der Waals surface area contributed by atoms with Gasteiger partial charge in [-0.25, -0.2) is 4.98 Å². The minimum Gasteiger partial charge on any atom is -0.493 e. The Kier molecular flexibility index (Phi) is 7.91. The zero-order valence-electron chi connectivity index (χ0n) is 18.4. The third-order valence-electron chi connectivity index (χ3n) is 5.77. The van der Waals surface area contributed by atoms with Gasteiger partial charge >= 0.3 is 0 Å². The molecule has 0 saturated heterocycles. The van der Waals surface area contributed by atoms with Gasteiger partial charge < -0.3 is 9.47 Å². The molecule has 0 N–H and O–H groups in total. The van der Waals surface area contributed by atoms with E-state index in [4.69, 9.17) is 31.3 Å². The zero-order valence-corrected chi connectivity index (χ0v) is 22.3. The first-order valence-electron chi connectivity index (χ1n) is 10.8. The van der Waals surface area contributed by atoms with Crippen molar-refractivity contribution in [3.8, 4) is 17.6 Å². The number of fused-ring (bicyclic) bond motifs is 1. The van der Waals surface area contributed by atoms with Crippen molar-refractivity contribution in [1.82, 2.24) is 9.66 Å². The van der Waals surface area contributed by atoms with Crippen LogP contribution in [0.1, 0.15) is 49.4 Å². The second-order valence-corrected chi connectivity index (χ2v) is 9.99.